The van der Waals surface area contributed by atoms with Gasteiger partial charge in [-0.25, -0.2) is 0 Å². The van der Waals surface area contributed by atoms with Crippen molar-refractivity contribution in [2.24, 2.45) is 0 Å². The molecular weight excluding hydrogens is 447 g/mol. The summed E-state index contributed by atoms with van der Waals surface area (Å²) in [5, 5.41) is 9.32. The van der Waals surface area contributed by atoms with Crippen LogP contribution in [0.15, 0.2) is 36.4 Å². The molecule has 3 rings (SSSR count). The van der Waals surface area contributed by atoms with Gasteiger partial charge in [-0.2, -0.15) is 13.2 Å². The number of alkyl halides is 3. The quantitative estimate of drug-likeness (QED) is 0.527. The first kappa shape index (κ1) is 24.2. The first-order valence-electron chi connectivity index (χ1n) is 10.4. The lowest BCUT2D eigenvalue weighted by Crippen LogP contribution is -2.39. The number of carboxylic acid groups (broad SMARTS) is 1. The number of nitrogens with zero attached hydrogens (tertiary/aromatic N) is 1. The number of aliphatic carboxylic acids is 1. The number of ether oxygens (including phenoxy) is 2. The number of hydrogen-bond acceptors (Lipinski definition) is 4. The van der Waals surface area contributed by atoms with E-state index >= 15 is 0 Å². The summed E-state index contributed by atoms with van der Waals surface area (Å²) in [5.41, 5.74) is -0.0364. The molecule has 0 radical (unpaired) electrons. The number of carboxylic acids is 1. The molecular formula is C23H25ClF3NO4. The maximum Gasteiger partial charge on any atom is 0.417 e. The number of rotatable bonds is 8. The SMILES string of the molecule is CCOc1ccc(C(c2ccc(Cl)c(C(F)(F)F)c2)N2CCCC2C(=O)O)cc1OCC. The maximum absolute atomic E-state index is 13.6. The predicted octanol–water partition coefficient (Wildman–Crippen LogP) is 5.79. The lowest BCUT2D eigenvalue weighted by atomic mass is 9.94. The van der Waals surface area contributed by atoms with E-state index < -0.39 is 34.8 Å². The Morgan fingerprint density at radius 1 is 1.12 bits per heavy atom. The van der Waals surface area contributed by atoms with Gasteiger partial charge in [0.2, 0.25) is 0 Å². The molecule has 0 saturated carbocycles. The Hall–Kier alpha value is -2.45. The van der Waals surface area contributed by atoms with Crippen LogP contribution in [0.3, 0.4) is 0 Å². The molecule has 1 aliphatic heterocycles. The first-order valence-corrected chi connectivity index (χ1v) is 10.8. The van der Waals surface area contributed by atoms with Gasteiger partial charge in [-0.05, 0) is 62.1 Å². The fourth-order valence-corrected chi connectivity index (χ4v) is 4.33. The summed E-state index contributed by atoms with van der Waals surface area (Å²) in [6.45, 7) is 4.87. The van der Waals surface area contributed by atoms with Crippen molar-refractivity contribution in [3.8, 4) is 11.5 Å². The molecule has 2 atom stereocenters. The first-order chi connectivity index (χ1) is 15.2. The minimum Gasteiger partial charge on any atom is -0.490 e. The van der Waals surface area contributed by atoms with Crippen LogP contribution in [-0.4, -0.2) is 41.8 Å². The Bertz CT molecular complexity index is 967. The summed E-state index contributed by atoms with van der Waals surface area (Å²) in [6.07, 6.45) is -3.59. The van der Waals surface area contributed by atoms with E-state index in [1.807, 2.05) is 13.8 Å². The van der Waals surface area contributed by atoms with Gasteiger partial charge in [-0.1, -0.05) is 23.7 Å². The molecule has 5 nitrogen and oxygen atoms in total. The molecule has 9 heteroatoms. The van der Waals surface area contributed by atoms with Gasteiger partial charge in [0.05, 0.1) is 29.8 Å². The van der Waals surface area contributed by atoms with Crippen LogP contribution in [0, 0.1) is 0 Å². The Labute approximate surface area is 189 Å². The van der Waals surface area contributed by atoms with Gasteiger partial charge in [0.15, 0.2) is 11.5 Å². The Morgan fingerprint density at radius 2 is 1.75 bits per heavy atom. The van der Waals surface area contributed by atoms with Gasteiger partial charge in [0, 0.05) is 6.54 Å². The summed E-state index contributed by atoms with van der Waals surface area (Å²) >= 11 is 5.83. The zero-order chi connectivity index (χ0) is 23.5. The second-order valence-electron chi connectivity index (χ2n) is 7.45. The smallest absolute Gasteiger partial charge is 0.417 e. The fourth-order valence-electron chi connectivity index (χ4n) is 4.11. The third-order valence-electron chi connectivity index (χ3n) is 5.41. The summed E-state index contributed by atoms with van der Waals surface area (Å²) in [4.78, 5) is 13.6. The number of halogens is 4. The third kappa shape index (κ3) is 5.13. The van der Waals surface area contributed by atoms with Crippen LogP contribution in [0.25, 0.3) is 0 Å². The second-order valence-corrected chi connectivity index (χ2v) is 7.85. The van der Waals surface area contributed by atoms with Gasteiger partial charge in [0.25, 0.3) is 0 Å². The van der Waals surface area contributed by atoms with Crippen molar-refractivity contribution in [3.63, 3.8) is 0 Å². The average molecular weight is 472 g/mol. The molecule has 2 aromatic carbocycles. The van der Waals surface area contributed by atoms with Crippen molar-refractivity contribution in [2.75, 3.05) is 19.8 Å². The highest BCUT2D eigenvalue weighted by molar-refractivity contribution is 6.31. The van der Waals surface area contributed by atoms with Crippen molar-refractivity contribution in [1.82, 2.24) is 4.90 Å². The van der Waals surface area contributed by atoms with E-state index in [0.29, 0.717) is 55.2 Å². The molecule has 2 unspecified atom stereocenters. The topological polar surface area (TPSA) is 59.0 Å². The standard InChI is InChI=1S/C23H25ClF3NO4/c1-3-31-19-10-8-15(13-20(19)32-4-2)21(28-11-5-6-18(28)22(29)30)14-7-9-17(24)16(12-14)23(25,26)27/h7-10,12-13,18,21H,3-6,11H2,1-2H3,(H,29,30). The number of carbonyl (C=O) groups is 1. The Kier molecular flexibility index (Phi) is 7.56. The van der Waals surface area contributed by atoms with Gasteiger partial charge in [-0.3, -0.25) is 9.69 Å². The third-order valence-corrected chi connectivity index (χ3v) is 5.74. The number of likely N-dealkylation sites (tertiary alicyclic amines) is 1. The van der Waals surface area contributed by atoms with E-state index in [4.69, 9.17) is 21.1 Å². The molecule has 1 fully saturated rings. The highest BCUT2D eigenvalue weighted by atomic mass is 35.5. The highest BCUT2D eigenvalue weighted by Crippen LogP contribution is 2.42. The Balaban J connectivity index is 2.17. The van der Waals surface area contributed by atoms with Crippen LogP contribution < -0.4 is 9.47 Å². The lowest BCUT2D eigenvalue weighted by Gasteiger charge is -2.33. The van der Waals surface area contributed by atoms with Crippen molar-refractivity contribution in [2.45, 2.75) is 44.9 Å². The van der Waals surface area contributed by atoms with Crippen molar-refractivity contribution >= 4 is 17.6 Å². The van der Waals surface area contributed by atoms with Gasteiger partial charge >= 0.3 is 12.1 Å². The summed E-state index contributed by atoms with van der Waals surface area (Å²) in [7, 11) is 0. The predicted molar refractivity (Wildman–Crippen MR) is 114 cm³/mol. The molecule has 1 N–H and O–H groups in total. The molecule has 0 spiro atoms. The second kappa shape index (κ2) is 10.0. The Morgan fingerprint density at radius 3 is 2.38 bits per heavy atom. The zero-order valence-corrected chi connectivity index (χ0v) is 18.5. The van der Waals surface area contributed by atoms with Crippen LogP contribution in [0.2, 0.25) is 5.02 Å². The highest BCUT2D eigenvalue weighted by Gasteiger charge is 2.39. The molecule has 174 valence electrons. The number of hydrogen-bond donors (Lipinski definition) is 1. The summed E-state index contributed by atoms with van der Waals surface area (Å²) < 4.78 is 51.9. The fraction of sp³-hybridized carbons (Fsp3) is 0.435. The number of benzene rings is 2. The van der Waals surface area contributed by atoms with Crippen molar-refractivity contribution in [1.29, 1.82) is 0 Å². The van der Waals surface area contributed by atoms with Crippen LogP contribution >= 0.6 is 11.6 Å². The molecule has 2 aromatic rings. The van der Waals surface area contributed by atoms with Gasteiger partial charge < -0.3 is 14.6 Å². The minimum atomic E-state index is -4.63. The normalized spacial score (nSPS) is 17.9. The van der Waals surface area contributed by atoms with Crippen molar-refractivity contribution < 1.29 is 32.5 Å². The molecule has 1 aliphatic rings. The van der Waals surface area contributed by atoms with Crippen LogP contribution in [-0.2, 0) is 11.0 Å². The minimum absolute atomic E-state index is 0.307. The maximum atomic E-state index is 13.6. The summed E-state index contributed by atoms with van der Waals surface area (Å²) in [5.74, 6) is -0.0402. The van der Waals surface area contributed by atoms with Gasteiger partial charge in [0.1, 0.15) is 6.04 Å². The van der Waals surface area contributed by atoms with E-state index in [1.54, 1.807) is 23.1 Å². The van der Waals surface area contributed by atoms with E-state index in [2.05, 4.69) is 0 Å². The molecule has 1 saturated heterocycles. The molecule has 32 heavy (non-hydrogen) atoms. The monoisotopic (exact) mass is 471 g/mol. The lowest BCUT2D eigenvalue weighted by molar-refractivity contribution is -0.143. The van der Waals surface area contributed by atoms with E-state index in [0.717, 1.165) is 6.07 Å². The van der Waals surface area contributed by atoms with Crippen molar-refractivity contribution in [3.05, 3.63) is 58.1 Å². The summed E-state index contributed by atoms with van der Waals surface area (Å²) in [6, 6.07) is 7.31. The molecule has 0 bridgehead atoms. The molecule has 0 aliphatic carbocycles. The van der Waals surface area contributed by atoms with Crippen LogP contribution in [0.5, 0.6) is 11.5 Å². The largest absolute Gasteiger partial charge is 0.490 e. The molecule has 0 aromatic heterocycles. The molecule has 1 heterocycles. The van der Waals surface area contributed by atoms with Crippen LogP contribution in [0.4, 0.5) is 13.2 Å². The van der Waals surface area contributed by atoms with Crippen LogP contribution in [0.1, 0.15) is 49.4 Å². The molecule has 0 amide bonds. The van der Waals surface area contributed by atoms with E-state index in [1.165, 1.54) is 12.1 Å². The van der Waals surface area contributed by atoms with E-state index in [9.17, 15) is 23.1 Å². The van der Waals surface area contributed by atoms with Gasteiger partial charge in [-0.15, -0.1) is 0 Å². The van der Waals surface area contributed by atoms with E-state index in [-0.39, 0.29) is 0 Å². The zero-order valence-electron chi connectivity index (χ0n) is 17.8. The average Bonchev–Trinajstić information content (AvgIpc) is 3.20.